The molecule has 2 heterocycles. The Labute approximate surface area is 216 Å². The summed E-state index contributed by atoms with van der Waals surface area (Å²) in [6.07, 6.45) is 2.92. The van der Waals surface area contributed by atoms with Crippen molar-refractivity contribution in [3.63, 3.8) is 0 Å². The molecule has 35 heavy (non-hydrogen) atoms. The van der Waals surface area contributed by atoms with Crippen molar-refractivity contribution in [2.24, 2.45) is 5.10 Å². The van der Waals surface area contributed by atoms with E-state index in [1.54, 1.807) is 17.3 Å². The number of hydrogen-bond donors (Lipinski definition) is 3. The van der Waals surface area contributed by atoms with E-state index in [0.29, 0.717) is 32.9 Å². The van der Waals surface area contributed by atoms with Gasteiger partial charge in [-0.3, -0.25) is 0 Å². The number of hydrazine groups is 2. The zero-order valence-electron chi connectivity index (χ0n) is 20.1. The summed E-state index contributed by atoms with van der Waals surface area (Å²) in [5.41, 5.74) is 16.5. The van der Waals surface area contributed by atoms with Crippen LogP contribution in [0.1, 0.15) is 17.5 Å². The Hall–Kier alpha value is -2.88. The minimum Gasteiger partial charge on any atom is -0.383 e. The van der Waals surface area contributed by atoms with E-state index in [4.69, 9.17) is 28.9 Å². The van der Waals surface area contributed by atoms with Crippen molar-refractivity contribution < 1.29 is 0 Å². The number of hydrogen-bond acceptors (Lipinski definition) is 8. The lowest BCUT2D eigenvalue weighted by Gasteiger charge is -2.21. The molecule has 0 atom stereocenters. The number of pyridine rings is 1. The van der Waals surface area contributed by atoms with Crippen LogP contribution in [0.2, 0.25) is 10.0 Å². The van der Waals surface area contributed by atoms with E-state index in [0.717, 1.165) is 37.2 Å². The van der Waals surface area contributed by atoms with Crippen LogP contribution in [0.4, 0.5) is 11.5 Å². The third-order valence-corrected chi connectivity index (χ3v) is 6.56. The molecular weight excluding hydrogens is 483 g/mol. The SMILES string of the molecule is CN(C)CCCN(C)Cc1ccc(-c2cnc(N)c(C3=NNNN3c3cccc(Cl)c3Cl)c2)cc1. The number of hydrazone groups is 1. The normalized spacial score (nSPS) is 13.5. The number of amidine groups is 1. The van der Waals surface area contributed by atoms with Crippen LogP contribution in [0.15, 0.2) is 59.8 Å². The van der Waals surface area contributed by atoms with Gasteiger partial charge in [-0.2, -0.15) is 0 Å². The van der Waals surface area contributed by atoms with E-state index in [1.165, 1.54) is 5.56 Å². The first-order chi connectivity index (χ1) is 16.8. The third-order valence-electron chi connectivity index (χ3n) is 5.75. The number of nitrogens with zero attached hydrogens (tertiary/aromatic N) is 5. The summed E-state index contributed by atoms with van der Waals surface area (Å²) >= 11 is 12.7. The van der Waals surface area contributed by atoms with Gasteiger partial charge in [0.25, 0.3) is 0 Å². The van der Waals surface area contributed by atoms with Crippen molar-refractivity contribution in [1.82, 2.24) is 25.9 Å². The van der Waals surface area contributed by atoms with Crippen LogP contribution in [0.25, 0.3) is 11.1 Å². The average molecular weight is 513 g/mol. The lowest BCUT2D eigenvalue weighted by atomic mass is 10.0. The van der Waals surface area contributed by atoms with Gasteiger partial charge in [0.2, 0.25) is 0 Å². The second kappa shape index (κ2) is 11.2. The largest absolute Gasteiger partial charge is 0.383 e. The van der Waals surface area contributed by atoms with Gasteiger partial charge in [0.05, 0.1) is 21.3 Å². The van der Waals surface area contributed by atoms with E-state index in [1.807, 2.05) is 18.2 Å². The molecule has 0 amide bonds. The number of halogens is 2. The van der Waals surface area contributed by atoms with Crippen LogP contribution < -0.4 is 21.8 Å². The first-order valence-electron chi connectivity index (χ1n) is 11.3. The van der Waals surface area contributed by atoms with Gasteiger partial charge >= 0.3 is 0 Å². The number of aromatic nitrogens is 1. The molecule has 1 aromatic heterocycles. The zero-order valence-corrected chi connectivity index (χ0v) is 21.6. The molecule has 4 N–H and O–H groups in total. The summed E-state index contributed by atoms with van der Waals surface area (Å²) in [6, 6.07) is 15.9. The van der Waals surface area contributed by atoms with Crippen molar-refractivity contribution in [2.75, 3.05) is 45.0 Å². The maximum absolute atomic E-state index is 6.44. The third kappa shape index (κ3) is 6.04. The van der Waals surface area contributed by atoms with Gasteiger partial charge in [-0.15, -0.1) is 10.6 Å². The molecule has 0 spiro atoms. The Balaban J connectivity index is 1.52. The molecule has 0 bridgehead atoms. The first kappa shape index (κ1) is 25.2. The molecule has 0 aliphatic carbocycles. The number of nitrogens with one attached hydrogen (secondary N) is 2. The van der Waals surface area contributed by atoms with Crippen LogP contribution >= 0.6 is 23.2 Å². The Kier molecular flexibility index (Phi) is 8.10. The van der Waals surface area contributed by atoms with E-state index < -0.39 is 0 Å². The number of nitrogen functional groups attached to an aromatic ring is 1. The highest BCUT2D eigenvalue weighted by Crippen LogP contribution is 2.34. The highest BCUT2D eigenvalue weighted by Gasteiger charge is 2.26. The van der Waals surface area contributed by atoms with E-state index >= 15 is 0 Å². The summed E-state index contributed by atoms with van der Waals surface area (Å²) in [5, 5.41) is 6.91. The van der Waals surface area contributed by atoms with Crippen molar-refractivity contribution in [1.29, 1.82) is 0 Å². The maximum atomic E-state index is 6.44. The molecule has 0 radical (unpaired) electrons. The van der Waals surface area contributed by atoms with Gasteiger partial charge < -0.3 is 15.5 Å². The molecule has 8 nitrogen and oxygen atoms in total. The quantitative estimate of drug-likeness (QED) is 0.395. The smallest absolute Gasteiger partial charge is 0.181 e. The highest BCUT2D eigenvalue weighted by molar-refractivity contribution is 6.44. The number of nitrogens with two attached hydrogens (primary N) is 1. The molecular formula is C25H30Cl2N8. The van der Waals surface area contributed by atoms with Crippen LogP contribution in [-0.4, -0.2) is 54.9 Å². The molecule has 1 aliphatic rings. The van der Waals surface area contributed by atoms with Gasteiger partial charge in [0.15, 0.2) is 5.84 Å². The Bertz CT molecular complexity index is 1200. The molecule has 0 fully saturated rings. The van der Waals surface area contributed by atoms with Gasteiger partial charge in [-0.1, -0.05) is 53.5 Å². The number of anilines is 2. The molecule has 2 aromatic carbocycles. The minimum absolute atomic E-state index is 0.358. The van der Waals surface area contributed by atoms with Crippen molar-refractivity contribution in [3.05, 3.63) is 75.9 Å². The Morgan fingerprint density at radius 2 is 1.77 bits per heavy atom. The maximum Gasteiger partial charge on any atom is 0.181 e. The molecule has 0 saturated carbocycles. The van der Waals surface area contributed by atoms with Crippen LogP contribution in [0.3, 0.4) is 0 Å². The predicted octanol–water partition coefficient (Wildman–Crippen LogP) is 4.21. The lowest BCUT2D eigenvalue weighted by Crippen LogP contribution is -2.41. The standard InChI is InChI=1S/C25H30Cl2N8/c1-33(2)12-5-13-34(3)16-17-8-10-18(11-9-17)19-14-20(24(28)29-15-19)25-30-31-32-35(25)22-7-4-6-21(26)23(22)27/h4,6-11,14-15,31-32H,5,12-13,16H2,1-3H3,(H2,28,29). The summed E-state index contributed by atoms with van der Waals surface area (Å²) in [5.74, 6) is 0.897. The second-order valence-corrected chi connectivity index (χ2v) is 9.60. The molecule has 0 unspecified atom stereocenters. The van der Waals surface area contributed by atoms with Crippen LogP contribution in [-0.2, 0) is 6.54 Å². The fraction of sp³-hybridized carbons (Fsp3) is 0.280. The van der Waals surface area contributed by atoms with Gasteiger partial charge in [-0.05, 0) is 70.0 Å². The minimum atomic E-state index is 0.358. The lowest BCUT2D eigenvalue weighted by molar-refractivity contribution is 0.294. The molecule has 184 valence electrons. The number of benzene rings is 2. The number of rotatable bonds is 9. The summed E-state index contributed by atoms with van der Waals surface area (Å²) in [7, 11) is 6.36. The average Bonchev–Trinajstić information content (AvgIpc) is 3.31. The molecule has 4 rings (SSSR count). The molecule has 10 heteroatoms. The van der Waals surface area contributed by atoms with Crippen molar-refractivity contribution in [2.45, 2.75) is 13.0 Å². The van der Waals surface area contributed by atoms with E-state index in [2.05, 4.69) is 76.4 Å². The second-order valence-electron chi connectivity index (χ2n) is 8.82. The first-order valence-corrected chi connectivity index (χ1v) is 12.1. The van der Waals surface area contributed by atoms with Crippen molar-refractivity contribution in [3.8, 4) is 11.1 Å². The van der Waals surface area contributed by atoms with E-state index in [9.17, 15) is 0 Å². The Morgan fingerprint density at radius 1 is 1.00 bits per heavy atom. The van der Waals surface area contributed by atoms with Gasteiger partial charge in [-0.25, -0.2) is 15.5 Å². The molecule has 3 aromatic rings. The summed E-state index contributed by atoms with van der Waals surface area (Å²) in [6.45, 7) is 3.05. The fourth-order valence-electron chi connectivity index (χ4n) is 3.91. The van der Waals surface area contributed by atoms with Crippen LogP contribution in [0, 0.1) is 0 Å². The fourth-order valence-corrected chi connectivity index (χ4v) is 4.29. The van der Waals surface area contributed by atoms with Crippen LogP contribution in [0.5, 0.6) is 0 Å². The predicted molar refractivity (Wildman–Crippen MR) is 145 cm³/mol. The summed E-state index contributed by atoms with van der Waals surface area (Å²) < 4.78 is 0. The van der Waals surface area contributed by atoms with Gasteiger partial charge in [0.1, 0.15) is 5.82 Å². The monoisotopic (exact) mass is 512 g/mol. The Morgan fingerprint density at radius 3 is 2.51 bits per heavy atom. The topological polar surface area (TPSA) is 85.0 Å². The van der Waals surface area contributed by atoms with Gasteiger partial charge in [0, 0.05) is 18.3 Å². The highest BCUT2D eigenvalue weighted by atomic mass is 35.5. The zero-order chi connectivity index (χ0) is 24.9. The molecule has 0 saturated heterocycles. The van der Waals surface area contributed by atoms with Crippen molar-refractivity contribution >= 4 is 40.5 Å². The van der Waals surface area contributed by atoms with E-state index in [-0.39, 0.29) is 0 Å². The summed E-state index contributed by atoms with van der Waals surface area (Å²) in [4.78, 5) is 8.98. The molecule has 1 aliphatic heterocycles.